The first-order chi connectivity index (χ1) is 7.45. The largest absolute Gasteiger partial charge is 0.481 e. The van der Waals surface area contributed by atoms with Crippen molar-refractivity contribution in [3.8, 4) is 0 Å². The van der Waals surface area contributed by atoms with Crippen LogP contribution in [0.5, 0.6) is 0 Å². The quantitative estimate of drug-likeness (QED) is 0.869. The molecule has 0 fully saturated rings. The van der Waals surface area contributed by atoms with E-state index in [2.05, 4.69) is 20.9 Å². The topological polar surface area (TPSA) is 50.2 Å². The van der Waals surface area contributed by atoms with Gasteiger partial charge in [0.25, 0.3) is 6.43 Å². The van der Waals surface area contributed by atoms with Crippen molar-refractivity contribution < 1.29 is 18.7 Å². The molecular formula is C9H7BrClF2NO2. The Morgan fingerprint density at radius 1 is 1.62 bits per heavy atom. The van der Waals surface area contributed by atoms with E-state index in [1.165, 1.54) is 6.07 Å². The van der Waals surface area contributed by atoms with Gasteiger partial charge in [-0.2, -0.15) is 0 Å². The molecule has 0 saturated carbocycles. The van der Waals surface area contributed by atoms with E-state index in [0.717, 1.165) is 0 Å². The van der Waals surface area contributed by atoms with Crippen molar-refractivity contribution in [1.82, 2.24) is 4.98 Å². The van der Waals surface area contributed by atoms with Crippen LogP contribution in [0.25, 0.3) is 0 Å². The van der Waals surface area contributed by atoms with Gasteiger partial charge < -0.3 is 5.11 Å². The van der Waals surface area contributed by atoms with Crippen LogP contribution in [-0.2, 0) is 17.1 Å². The SMILES string of the molecule is O=C(O)Cc1nc(CCl)cc(Br)c1C(F)F. The number of aliphatic carboxylic acids is 1. The molecule has 0 aliphatic carbocycles. The van der Waals surface area contributed by atoms with Crippen molar-refractivity contribution in [2.45, 2.75) is 18.7 Å². The van der Waals surface area contributed by atoms with Crippen molar-refractivity contribution in [2.24, 2.45) is 0 Å². The van der Waals surface area contributed by atoms with E-state index < -0.39 is 24.4 Å². The number of aromatic nitrogens is 1. The molecule has 0 aromatic carbocycles. The molecule has 1 heterocycles. The lowest BCUT2D eigenvalue weighted by Crippen LogP contribution is -2.09. The third-order valence-corrected chi connectivity index (χ3v) is 2.74. The summed E-state index contributed by atoms with van der Waals surface area (Å²) in [5.41, 5.74) is -0.196. The van der Waals surface area contributed by atoms with Crippen molar-refractivity contribution in [3.63, 3.8) is 0 Å². The molecular weight excluding hydrogens is 307 g/mol. The van der Waals surface area contributed by atoms with Crippen molar-refractivity contribution in [3.05, 3.63) is 27.5 Å². The van der Waals surface area contributed by atoms with Gasteiger partial charge in [-0.1, -0.05) is 15.9 Å². The Kier molecular flexibility index (Phi) is 4.61. The molecule has 0 radical (unpaired) electrons. The van der Waals surface area contributed by atoms with Gasteiger partial charge in [-0.25, -0.2) is 8.78 Å². The fourth-order valence-electron chi connectivity index (χ4n) is 1.20. The second-order valence-electron chi connectivity index (χ2n) is 2.96. The summed E-state index contributed by atoms with van der Waals surface area (Å²) in [5.74, 6) is -1.18. The van der Waals surface area contributed by atoms with Gasteiger partial charge in [0.2, 0.25) is 0 Å². The summed E-state index contributed by atoms with van der Waals surface area (Å²) in [5, 5.41) is 8.59. The number of hydrogen-bond acceptors (Lipinski definition) is 2. The van der Waals surface area contributed by atoms with Crippen LogP contribution < -0.4 is 0 Å². The van der Waals surface area contributed by atoms with E-state index >= 15 is 0 Å². The minimum atomic E-state index is -2.78. The lowest BCUT2D eigenvalue weighted by molar-refractivity contribution is -0.136. The maximum atomic E-state index is 12.7. The maximum absolute atomic E-state index is 12.7. The van der Waals surface area contributed by atoms with E-state index in [1.807, 2.05) is 0 Å². The summed E-state index contributed by atoms with van der Waals surface area (Å²) in [4.78, 5) is 14.3. The number of carboxylic acids is 1. The molecule has 1 aromatic heterocycles. The van der Waals surface area contributed by atoms with Crippen LogP contribution in [0.3, 0.4) is 0 Å². The second kappa shape index (κ2) is 5.54. The zero-order valence-electron chi connectivity index (χ0n) is 7.88. The Hall–Kier alpha value is -0.750. The van der Waals surface area contributed by atoms with Crippen molar-refractivity contribution in [2.75, 3.05) is 0 Å². The number of halogens is 4. The van der Waals surface area contributed by atoms with Crippen molar-refractivity contribution >= 4 is 33.5 Å². The lowest BCUT2D eigenvalue weighted by atomic mass is 10.1. The molecule has 0 saturated heterocycles. The van der Waals surface area contributed by atoms with E-state index in [-0.39, 0.29) is 16.0 Å². The summed E-state index contributed by atoms with van der Waals surface area (Å²) in [6.07, 6.45) is -3.33. The molecule has 1 N–H and O–H groups in total. The third kappa shape index (κ3) is 3.12. The van der Waals surface area contributed by atoms with Crippen LogP contribution in [0.15, 0.2) is 10.5 Å². The molecule has 1 rings (SSSR count). The first-order valence-electron chi connectivity index (χ1n) is 4.19. The van der Waals surface area contributed by atoms with Crippen LogP contribution in [0.4, 0.5) is 8.78 Å². The molecule has 0 aliphatic rings. The smallest absolute Gasteiger partial charge is 0.309 e. The number of hydrogen-bond donors (Lipinski definition) is 1. The highest BCUT2D eigenvalue weighted by atomic mass is 79.9. The van der Waals surface area contributed by atoms with Gasteiger partial charge in [0.05, 0.1) is 29.3 Å². The summed E-state index contributed by atoms with van der Waals surface area (Å²) in [6, 6.07) is 1.36. The summed E-state index contributed by atoms with van der Waals surface area (Å²) >= 11 is 8.48. The molecule has 0 atom stereocenters. The molecule has 0 unspecified atom stereocenters. The number of carbonyl (C=O) groups is 1. The third-order valence-electron chi connectivity index (χ3n) is 1.81. The first kappa shape index (κ1) is 13.3. The van der Waals surface area contributed by atoms with Gasteiger partial charge in [-0.15, -0.1) is 11.6 Å². The highest BCUT2D eigenvalue weighted by molar-refractivity contribution is 9.10. The molecule has 0 spiro atoms. The van der Waals surface area contributed by atoms with E-state index in [9.17, 15) is 13.6 Å². The molecule has 88 valence electrons. The van der Waals surface area contributed by atoms with E-state index in [0.29, 0.717) is 5.69 Å². The molecule has 0 bridgehead atoms. The van der Waals surface area contributed by atoms with Crippen molar-refractivity contribution in [1.29, 1.82) is 0 Å². The predicted molar refractivity (Wildman–Crippen MR) is 57.8 cm³/mol. The second-order valence-corrected chi connectivity index (χ2v) is 4.08. The Bertz CT molecular complexity index is 415. The minimum absolute atomic E-state index is 0.0364. The number of pyridine rings is 1. The van der Waals surface area contributed by atoms with Gasteiger partial charge in [0.1, 0.15) is 0 Å². The predicted octanol–water partition coefficient (Wildman–Crippen LogP) is 3.15. The van der Waals surface area contributed by atoms with E-state index in [1.54, 1.807) is 0 Å². The number of alkyl halides is 3. The zero-order chi connectivity index (χ0) is 12.3. The average Bonchev–Trinajstić information content (AvgIpc) is 2.14. The molecule has 0 aliphatic heterocycles. The minimum Gasteiger partial charge on any atom is -0.481 e. The molecule has 3 nitrogen and oxygen atoms in total. The molecule has 7 heteroatoms. The normalized spacial score (nSPS) is 10.8. The molecule has 16 heavy (non-hydrogen) atoms. The van der Waals surface area contributed by atoms with Crippen LogP contribution >= 0.6 is 27.5 Å². The Morgan fingerprint density at radius 2 is 2.25 bits per heavy atom. The maximum Gasteiger partial charge on any atom is 0.309 e. The summed E-state index contributed by atoms with van der Waals surface area (Å²) in [7, 11) is 0. The number of rotatable bonds is 4. The highest BCUT2D eigenvalue weighted by Gasteiger charge is 2.20. The fraction of sp³-hybridized carbons (Fsp3) is 0.333. The zero-order valence-corrected chi connectivity index (χ0v) is 10.2. The van der Waals surface area contributed by atoms with Crippen LogP contribution in [0.1, 0.15) is 23.4 Å². The summed E-state index contributed by atoms with van der Waals surface area (Å²) in [6.45, 7) is 0. The highest BCUT2D eigenvalue weighted by Crippen LogP contribution is 2.31. The van der Waals surface area contributed by atoms with E-state index in [4.69, 9.17) is 16.7 Å². The first-order valence-corrected chi connectivity index (χ1v) is 5.52. The Labute approximate surface area is 104 Å². The van der Waals surface area contributed by atoms with Gasteiger partial charge >= 0.3 is 5.97 Å². The van der Waals surface area contributed by atoms with Gasteiger partial charge in [-0.3, -0.25) is 9.78 Å². The monoisotopic (exact) mass is 313 g/mol. The molecule has 1 aromatic rings. The van der Waals surface area contributed by atoms with Crippen LogP contribution in [0.2, 0.25) is 0 Å². The van der Waals surface area contributed by atoms with Gasteiger partial charge in [-0.05, 0) is 6.07 Å². The van der Waals surface area contributed by atoms with Gasteiger partial charge in [0.15, 0.2) is 0 Å². The average molecular weight is 315 g/mol. The lowest BCUT2D eigenvalue weighted by Gasteiger charge is -2.10. The van der Waals surface area contributed by atoms with Crippen LogP contribution in [0, 0.1) is 0 Å². The van der Waals surface area contributed by atoms with Crippen LogP contribution in [-0.4, -0.2) is 16.1 Å². The molecule has 0 amide bonds. The Morgan fingerprint density at radius 3 is 2.69 bits per heavy atom. The standard InChI is InChI=1S/C9H7BrClF2NO2/c10-5-1-4(3-11)14-6(2-7(15)16)8(5)9(12)13/h1,9H,2-3H2,(H,15,16). The number of nitrogens with zero attached hydrogens (tertiary/aromatic N) is 1. The Balaban J connectivity index is 3.28. The van der Waals surface area contributed by atoms with Gasteiger partial charge in [0, 0.05) is 4.47 Å². The fourth-order valence-corrected chi connectivity index (χ4v) is 2.01. The summed E-state index contributed by atoms with van der Waals surface area (Å²) < 4.78 is 25.5. The number of carboxylic acid groups (broad SMARTS) is 1.